The van der Waals surface area contributed by atoms with Gasteiger partial charge < -0.3 is 15.2 Å². The SMILES string of the molecule is NC(=O)N1CCC(c2ccc(OC(F)F)c(OCC3CC3)c2)n2nc(-c3cccnc3)cc21. The number of carbonyl (C=O) groups excluding carboxylic acids is 1. The van der Waals surface area contributed by atoms with E-state index in [2.05, 4.69) is 9.72 Å². The number of pyridine rings is 1. The zero-order valence-corrected chi connectivity index (χ0v) is 17.7. The summed E-state index contributed by atoms with van der Waals surface area (Å²) in [6.07, 6.45) is 6.05. The van der Waals surface area contributed by atoms with Crippen molar-refractivity contribution in [1.29, 1.82) is 0 Å². The molecule has 3 aromatic rings. The Balaban J connectivity index is 1.52. The Morgan fingerprint density at radius 3 is 2.73 bits per heavy atom. The number of aromatic nitrogens is 3. The van der Waals surface area contributed by atoms with E-state index in [1.54, 1.807) is 35.3 Å². The third-order valence-electron chi connectivity index (χ3n) is 5.88. The van der Waals surface area contributed by atoms with Crippen LogP contribution in [-0.4, -0.2) is 40.6 Å². The summed E-state index contributed by atoms with van der Waals surface area (Å²) in [5, 5.41) is 4.73. The first kappa shape index (κ1) is 21.2. The van der Waals surface area contributed by atoms with Crippen molar-refractivity contribution in [2.24, 2.45) is 11.7 Å². The van der Waals surface area contributed by atoms with Gasteiger partial charge in [0.15, 0.2) is 11.5 Å². The smallest absolute Gasteiger partial charge is 0.387 e. The Bertz CT molecular complexity index is 1150. The number of nitrogens with zero attached hydrogens (tertiary/aromatic N) is 4. The lowest BCUT2D eigenvalue weighted by Crippen LogP contribution is -2.42. The maximum Gasteiger partial charge on any atom is 0.387 e. The summed E-state index contributed by atoms with van der Waals surface area (Å²) in [5.41, 5.74) is 7.87. The molecular weight excluding hydrogens is 432 g/mol. The Labute approximate surface area is 188 Å². The van der Waals surface area contributed by atoms with E-state index in [1.165, 1.54) is 11.0 Å². The fraction of sp³-hybridized carbons (Fsp3) is 0.348. The minimum Gasteiger partial charge on any atom is -0.489 e. The lowest BCUT2D eigenvalue weighted by atomic mass is 10.0. The fourth-order valence-corrected chi connectivity index (χ4v) is 4.02. The molecule has 33 heavy (non-hydrogen) atoms. The number of hydrogen-bond donors (Lipinski definition) is 1. The number of anilines is 1. The van der Waals surface area contributed by atoms with Crippen molar-refractivity contribution in [3.8, 4) is 22.8 Å². The lowest BCUT2D eigenvalue weighted by molar-refractivity contribution is -0.0515. The second-order valence-corrected chi connectivity index (χ2v) is 8.21. The zero-order valence-electron chi connectivity index (χ0n) is 17.7. The van der Waals surface area contributed by atoms with Crippen molar-refractivity contribution in [3.05, 3.63) is 54.4 Å². The highest BCUT2D eigenvalue weighted by molar-refractivity contribution is 5.90. The largest absolute Gasteiger partial charge is 0.489 e. The normalized spacial score (nSPS) is 17.7. The number of ether oxygens (including phenoxy) is 2. The molecule has 5 rings (SSSR count). The van der Waals surface area contributed by atoms with E-state index in [0.29, 0.717) is 37.0 Å². The first-order valence-electron chi connectivity index (χ1n) is 10.8. The topological polar surface area (TPSA) is 95.5 Å². The average molecular weight is 455 g/mol. The van der Waals surface area contributed by atoms with Crippen molar-refractivity contribution in [2.75, 3.05) is 18.1 Å². The predicted octanol–water partition coefficient (Wildman–Crippen LogP) is 4.21. The standard InChI is InChI=1S/C23H23F2N5O3/c24-22(25)33-19-6-5-15(10-20(19)32-13-14-3-4-14)18-7-9-29(23(26)31)21-11-17(28-30(18)21)16-2-1-8-27-12-16/h1-2,5-6,8,10-12,14,18,22H,3-4,7,9,13H2,(H2,26,31). The van der Waals surface area contributed by atoms with Crippen molar-refractivity contribution in [3.63, 3.8) is 0 Å². The summed E-state index contributed by atoms with van der Waals surface area (Å²) in [6.45, 7) is -2.09. The van der Waals surface area contributed by atoms with Gasteiger partial charge in [-0.1, -0.05) is 6.07 Å². The second-order valence-electron chi connectivity index (χ2n) is 8.21. The molecule has 1 aromatic carbocycles. The summed E-state index contributed by atoms with van der Waals surface area (Å²) in [6, 6.07) is 9.61. The average Bonchev–Trinajstić information content (AvgIpc) is 3.53. The number of hydrogen-bond acceptors (Lipinski definition) is 5. The van der Waals surface area contributed by atoms with Gasteiger partial charge in [-0.3, -0.25) is 9.88 Å². The van der Waals surface area contributed by atoms with E-state index in [1.807, 2.05) is 12.1 Å². The minimum atomic E-state index is -2.95. The quantitative estimate of drug-likeness (QED) is 0.576. The van der Waals surface area contributed by atoms with Gasteiger partial charge in [-0.2, -0.15) is 13.9 Å². The van der Waals surface area contributed by atoms with Gasteiger partial charge in [0.2, 0.25) is 0 Å². The summed E-state index contributed by atoms with van der Waals surface area (Å²) >= 11 is 0. The van der Waals surface area contributed by atoms with E-state index in [9.17, 15) is 13.6 Å². The van der Waals surface area contributed by atoms with E-state index in [0.717, 1.165) is 24.0 Å². The molecule has 0 bridgehead atoms. The number of alkyl halides is 2. The third-order valence-corrected chi connectivity index (χ3v) is 5.88. The highest BCUT2D eigenvalue weighted by Crippen LogP contribution is 2.40. The van der Waals surface area contributed by atoms with Crippen LogP contribution in [-0.2, 0) is 0 Å². The molecule has 1 fully saturated rings. The van der Waals surface area contributed by atoms with Crippen LogP contribution in [0.1, 0.15) is 30.9 Å². The summed E-state index contributed by atoms with van der Waals surface area (Å²) in [7, 11) is 0. The molecule has 1 unspecified atom stereocenters. The van der Waals surface area contributed by atoms with Crippen molar-refractivity contribution in [1.82, 2.24) is 14.8 Å². The van der Waals surface area contributed by atoms with E-state index in [-0.39, 0.29) is 17.5 Å². The van der Waals surface area contributed by atoms with Gasteiger partial charge in [0.05, 0.1) is 18.3 Å². The Morgan fingerprint density at radius 2 is 2.03 bits per heavy atom. The molecule has 0 saturated heterocycles. The van der Waals surface area contributed by atoms with Crippen LogP contribution >= 0.6 is 0 Å². The first-order valence-corrected chi connectivity index (χ1v) is 10.8. The lowest BCUT2D eigenvalue weighted by Gasteiger charge is -2.32. The predicted molar refractivity (Wildman–Crippen MR) is 116 cm³/mol. The van der Waals surface area contributed by atoms with Crippen LogP contribution < -0.4 is 20.1 Å². The van der Waals surface area contributed by atoms with Gasteiger partial charge in [-0.15, -0.1) is 0 Å². The Kier molecular flexibility index (Phi) is 5.57. The molecule has 8 nitrogen and oxygen atoms in total. The molecule has 2 aliphatic rings. The van der Waals surface area contributed by atoms with Crippen LogP contribution in [0, 0.1) is 5.92 Å². The minimum absolute atomic E-state index is 0.000657. The van der Waals surface area contributed by atoms with Gasteiger partial charge in [0.1, 0.15) is 5.82 Å². The number of nitrogens with two attached hydrogens (primary N) is 1. The van der Waals surface area contributed by atoms with Crippen LogP contribution in [0.4, 0.5) is 19.4 Å². The zero-order chi connectivity index (χ0) is 22.9. The molecular formula is C23H23F2N5O3. The molecule has 1 aliphatic heterocycles. The highest BCUT2D eigenvalue weighted by atomic mass is 19.3. The molecule has 0 radical (unpaired) electrons. The highest BCUT2D eigenvalue weighted by Gasteiger charge is 2.31. The number of carbonyl (C=O) groups is 1. The third kappa shape index (κ3) is 4.46. The number of urea groups is 1. The van der Waals surface area contributed by atoms with Crippen molar-refractivity contribution in [2.45, 2.75) is 31.9 Å². The number of benzene rings is 1. The fourth-order valence-electron chi connectivity index (χ4n) is 4.02. The summed E-state index contributed by atoms with van der Waals surface area (Å²) < 4.78 is 38.0. The molecule has 172 valence electrons. The molecule has 1 saturated carbocycles. The maximum atomic E-state index is 12.9. The number of halogens is 2. The summed E-state index contributed by atoms with van der Waals surface area (Å²) in [5.74, 6) is 1.29. The van der Waals surface area contributed by atoms with E-state index < -0.39 is 12.6 Å². The van der Waals surface area contributed by atoms with Gasteiger partial charge in [0, 0.05) is 30.6 Å². The van der Waals surface area contributed by atoms with Gasteiger partial charge in [0.25, 0.3) is 0 Å². The van der Waals surface area contributed by atoms with Crippen LogP contribution in [0.2, 0.25) is 0 Å². The molecule has 2 amide bonds. The molecule has 1 aliphatic carbocycles. The maximum absolute atomic E-state index is 12.9. The van der Waals surface area contributed by atoms with Crippen molar-refractivity contribution >= 4 is 11.8 Å². The molecule has 3 heterocycles. The monoisotopic (exact) mass is 455 g/mol. The van der Waals surface area contributed by atoms with Crippen LogP contribution in [0.15, 0.2) is 48.8 Å². The van der Waals surface area contributed by atoms with Crippen molar-refractivity contribution < 1.29 is 23.0 Å². The number of fused-ring (bicyclic) bond motifs is 1. The molecule has 10 heteroatoms. The first-order chi connectivity index (χ1) is 16.0. The number of amides is 2. The van der Waals surface area contributed by atoms with Gasteiger partial charge in [-0.25, -0.2) is 9.48 Å². The van der Waals surface area contributed by atoms with E-state index in [4.69, 9.17) is 15.6 Å². The summed E-state index contributed by atoms with van der Waals surface area (Å²) in [4.78, 5) is 17.7. The molecule has 1 atom stereocenters. The number of rotatable bonds is 7. The second kappa shape index (κ2) is 8.68. The molecule has 0 spiro atoms. The molecule has 2 N–H and O–H groups in total. The Hall–Kier alpha value is -3.69. The number of primary amides is 1. The molecule has 2 aromatic heterocycles. The van der Waals surface area contributed by atoms with Crippen LogP contribution in [0.25, 0.3) is 11.3 Å². The van der Waals surface area contributed by atoms with Crippen LogP contribution in [0.5, 0.6) is 11.5 Å². The van der Waals surface area contributed by atoms with Gasteiger partial charge >= 0.3 is 12.6 Å². The van der Waals surface area contributed by atoms with Gasteiger partial charge in [-0.05, 0) is 55.0 Å². The van der Waals surface area contributed by atoms with Crippen LogP contribution in [0.3, 0.4) is 0 Å². The van der Waals surface area contributed by atoms with E-state index >= 15 is 0 Å². The Morgan fingerprint density at radius 1 is 1.18 bits per heavy atom.